The molecule has 9 heteroatoms. The highest BCUT2D eigenvalue weighted by Crippen LogP contribution is 2.29. The molecule has 1 heterocycles. The summed E-state index contributed by atoms with van der Waals surface area (Å²) in [6.45, 7) is 2.59. The number of rotatable bonds is 7. The van der Waals surface area contributed by atoms with E-state index in [4.69, 9.17) is 14.7 Å². The monoisotopic (exact) mass is 443 g/mol. The molecular weight excluding hydrogens is 418 g/mol. The zero-order valence-electron chi connectivity index (χ0n) is 17.5. The van der Waals surface area contributed by atoms with Crippen LogP contribution in [0.5, 0.6) is 11.5 Å². The number of nitrogens with one attached hydrogen (secondary N) is 1. The number of hydrogen-bond donors (Lipinski definition) is 1. The number of carbonyl (C=O) groups excluding carboxylic acids is 1. The summed E-state index contributed by atoms with van der Waals surface area (Å²) >= 11 is 0. The standard InChI is InChI=1S/C22H25N3O5S/c1-16(30-20-10-9-17(15-23)13-21(20)29-2)22(26)24-18-7-6-8-19(14-18)31(27,28)25-11-4-3-5-12-25/h6-10,13-14,16H,3-5,11-12H2,1-2H3,(H,24,26). The molecule has 1 saturated heterocycles. The van der Waals surface area contributed by atoms with Crippen molar-refractivity contribution in [2.24, 2.45) is 0 Å². The van der Waals surface area contributed by atoms with Crippen molar-refractivity contribution >= 4 is 21.6 Å². The summed E-state index contributed by atoms with van der Waals surface area (Å²) in [5.41, 5.74) is 0.776. The van der Waals surface area contributed by atoms with Gasteiger partial charge in [-0.2, -0.15) is 9.57 Å². The Labute approximate surface area is 182 Å². The Hall–Kier alpha value is -3.09. The van der Waals surface area contributed by atoms with Crippen LogP contribution in [0, 0.1) is 11.3 Å². The lowest BCUT2D eigenvalue weighted by molar-refractivity contribution is -0.122. The number of carbonyl (C=O) groups is 1. The van der Waals surface area contributed by atoms with Crippen molar-refractivity contribution in [2.75, 3.05) is 25.5 Å². The summed E-state index contributed by atoms with van der Waals surface area (Å²) in [4.78, 5) is 12.8. The lowest BCUT2D eigenvalue weighted by atomic mass is 10.2. The second-order valence-corrected chi connectivity index (χ2v) is 9.16. The number of methoxy groups -OCH3 is 1. The van der Waals surface area contributed by atoms with Crippen LogP contribution in [-0.4, -0.2) is 44.9 Å². The van der Waals surface area contributed by atoms with Gasteiger partial charge in [0.05, 0.1) is 23.6 Å². The molecule has 1 aliphatic rings. The fourth-order valence-corrected chi connectivity index (χ4v) is 4.87. The summed E-state index contributed by atoms with van der Waals surface area (Å²) < 4.78 is 38.1. The van der Waals surface area contributed by atoms with Crippen LogP contribution in [-0.2, 0) is 14.8 Å². The minimum atomic E-state index is -3.60. The second kappa shape index (κ2) is 9.81. The molecule has 0 aliphatic carbocycles. The number of sulfonamides is 1. The van der Waals surface area contributed by atoms with Gasteiger partial charge in [-0.1, -0.05) is 12.5 Å². The molecule has 1 unspecified atom stereocenters. The molecule has 1 amide bonds. The average Bonchev–Trinajstić information content (AvgIpc) is 2.80. The Morgan fingerprint density at radius 3 is 2.55 bits per heavy atom. The predicted molar refractivity (Wildman–Crippen MR) is 115 cm³/mol. The highest BCUT2D eigenvalue weighted by Gasteiger charge is 2.26. The highest BCUT2D eigenvalue weighted by molar-refractivity contribution is 7.89. The molecule has 3 rings (SSSR count). The van der Waals surface area contributed by atoms with Gasteiger partial charge >= 0.3 is 0 Å². The molecule has 0 bridgehead atoms. The van der Waals surface area contributed by atoms with E-state index in [0.717, 1.165) is 19.3 Å². The molecule has 0 spiro atoms. The molecule has 164 valence electrons. The van der Waals surface area contributed by atoms with Crippen LogP contribution >= 0.6 is 0 Å². The molecule has 1 atom stereocenters. The van der Waals surface area contributed by atoms with Crippen LogP contribution in [0.3, 0.4) is 0 Å². The van der Waals surface area contributed by atoms with Gasteiger partial charge in [0.25, 0.3) is 5.91 Å². The number of hydrogen-bond acceptors (Lipinski definition) is 6. The predicted octanol–water partition coefficient (Wildman–Crippen LogP) is 3.15. The number of benzene rings is 2. The van der Waals surface area contributed by atoms with Crippen molar-refractivity contribution in [3.05, 3.63) is 48.0 Å². The van der Waals surface area contributed by atoms with E-state index in [1.54, 1.807) is 31.2 Å². The van der Waals surface area contributed by atoms with Gasteiger partial charge in [0, 0.05) is 24.8 Å². The fourth-order valence-electron chi connectivity index (χ4n) is 3.31. The smallest absolute Gasteiger partial charge is 0.265 e. The first-order valence-electron chi connectivity index (χ1n) is 10.0. The molecule has 0 aromatic heterocycles. The molecule has 1 fully saturated rings. The number of nitriles is 1. The minimum absolute atomic E-state index is 0.148. The zero-order valence-corrected chi connectivity index (χ0v) is 18.3. The van der Waals surface area contributed by atoms with Crippen molar-refractivity contribution in [3.8, 4) is 17.6 Å². The van der Waals surface area contributed by atoms with Gasteiger partial charge in [0.1, 0.15) is 0 Å². The van der Waals surface area contributed by atoms with Crippen molar-refractivity contribution in [3.63, 3.8) is 0 Å². The molecule has 2 aromatic rings. The molecule has 31 heavy (non-hydrogen) atoms. The van der Waals surface area contributed by atoms with E-state index < -0.39 is 22.0 Å². The van der Waals surface area contributed by atoms with E-state index in [9.17, 15) is 13.2 Å². The second-order valence-electron chi connectivity index (χ2n) is 7.22. The first-order valence-corrected chi connectivity index (χ1v) is 11.4. The molecule has 8 nitrogen and oxygen atoms in total. The van der Waals surface area contributed by atoms with E-state index in [-0.39, 0.29) is 4.90 Å². The minimum Gasteiger partial charge on any atom is -0.493 e. The first kappa shape index (κ1) is 22.6. The van der Waals surface area contributed by atoms with E-state index in [0.29, 0.717) is 35.8 Å². The van der Waals surface area contributed by atoms with Crippen LogP contribution < -0.4 is 14.8 Å². The van der Waals surface area contributed by atoms with E-state index in [2.05, 4.69) is 5.32 Å². The molecule has 1 N–H and O–H groups in total. The maximum atomic E-state index is 12.9. The Bertz CT molecular complexity index is 1090. The van der Waals surface area contributed by atoms with Gasteiger partial charge in [-0.15, -0.1) is 0 Å². The van der Waals surface area contributed by atoms with Crippen LogP contribution in [0.2, 0.25) is 0 Å². The Morgan fingerprint density at radius 1 is 1.13 bits per heavy atom. The van der Waals surface area contributed by atoms with Gasteiger partial charge in [0.15, 0.2) is 17.6 Å². The lowest BCUT2D eigenvalue weighted by Crippen LogP contribution is -2.35. The summed E-state index contributed by atoms with van der Waals surface area (Å²) in [5, 5.41) is 11.7. The number of ether oxygens (including phenoxy) is 2. The Balaban J connectivity index is 1.71. The van der Waals surface area contributed by atoms with Crippen LogP contribution in [0.15, 0.2) is 47.4 Å². The quantitative estimate of drug-likeness (QED) is 0.704. The van der Waals surface area contributed by atoms with Gasteiger partial charge in [-0.25, -0.2) is 8.42 Å². The maximum Gasteiger partial charge on any atom is 0.265 e. The lowest BCUT2D eigenvalue weighted by Gasteiger charge is -2.26. The molecular formula is C22H25N3O5S. The van der Waals surface area contributed by atoms with Gasteiger partial charge in [-0.05, 0) is 50.1 Å². The molecule has 2 aromatic carbocycles. The fraction of sp³-hybridized carbons (Fsp3) is 0.364. The SMILES string of the molecule is COc1cc(C#N)ccc1OC(C)C(=O)Nc1cccc(S(=O)(=O)N2CCCCC2)c1. The Morgan fingerprint density at radius 2 is 1.87 bits per heavy atom. The van der Waals surface area contributed by atoms with Gasteiger partial charge in [0.2, 0.25) is 10.0 Å². The number of piperidine rings is 1. The topological polar surface area (TPSA) is 109 Å². The number of anilines is 1. The van der Waals surface area contributed by atoms with Crippen molar-refractivity contribution in [1.82, 2.24) is 4.31 Å². The third-order valence-electron chi connectivity index (χ3n) is 5.02. The van der Waals surface area contributed by atoms with Gasteiger partial charge in [-0.3, -0.25) is 4.79 Å². The van der Waals surface area contributed by atoms with E-state index >= 15 is 0 Å². The zero-order chi connectivity index (χ0) is 22.4. The van der Waals surface area contributed by atoms with E-state index in [1.165, 1.54) is 29.6 Å². The first-order chi connectivity index (χ1) is 14.8. The number of amides is 1. The normalized spacial score (nSPS) is 15.5. The summed E-state index contributed by atoms with van der Waals surface area (Å²) in [6.07, 6.45) is 1.85. The molecule has 0 saturated carbocycles. The third-order valence-corrected chi connectivity index (χ3v) is 6.91. The summed E-state index contributed by atoms with van der Waals surface area (Å²) in [7, 11) is -2.15. The largest absolute Gasteiger partial charge is 0.493 e. The highest BCUT2D eigenvalue weighted by atomic mass is 32.2. The van der Waals surface area contributed by atoms with Crippen LogP contribution in [0.25, 0.3) is 0 Å². The van der Waals surface area contributed by atoms with E-state index in [1.807, 2.05) is 6.07 Å². The van der Waals surface area contributed by atoms with Crippen molar-refractivity contribution in [1.29, 1.82) is 5.26 Å². The van der Waals surface area contributed by atoms with Crippen LogP contribution in [0.1, 0.15) is 31.7 Å². The Kier molecular flexibility index (Phi) is 7.15. The van der Waals surface area contributed by atoms with Crippen molar-refractivity contribution < 1.29 is 22.7 Å². The molecule has 1 aliphatic heterocycles. The number of nitrogens with zero attached hydrogens (tertiary/aromatic N) is 2. The van der Waals surface area contributed by atoms with Crippen LogP contribution in [0.4, 0.5) is 5.69 Å². The molecule has 0 radical (unpaired) electrons. The van der Waals surface area contributed by atoms with Gasteiger partial charge < -0.3 is 14.8 Å². The maximum absolute atomic E-state index is 12.9. The summed E-state index contributed by atoms with van der Waals surface area (Å²) in [6, 6.07) is 12.9. The van der Waals surface area contributed by atoms with Crippen molar-refractivity contribution in [2.45, 2.75) is 37.2 Å². The average molecular weight is 444 g/mol. The third kappa shape index (κ3) is 5.34. The summed E-state index contributed by atoms with van der Waals surface area (Å²) in [5.74, 6) is 0.220.